The quantitative estimate of drug-likeness (QED) is 0.698. The largest absolute Gasteiger partial charge is 0.369 e. The summed E-state index contributed by atoms with van der Waals surface area (Å²) < 4.78 is 3.65. The van der Waals surface area contributed by atoms with Crippen molar-refractivity contribution in [3.63, 3.8) is 0 Å². The summed E-state index contributed by atoms with van der Waals surface area (Å²) in [4.78, 5) is 8.34. The van der Waals surface area contributed by atoms with Crippen molar-refractivity contribution >= 4 is 11.5 Å². The van der Waals surface area contributed by atoms with Crippen LogP contribution < -0.4 is 5.73 Å². The summed E-state index contributed by atoms with van der Waals surface area (Å²) in [5.74, 6) is 0.436. The summed E-state index contributed by atoms with van der Waals surface area (Å²) in [6.07, 6.45) is 5.24. The van der Waals surface area contributed by atoms with Crippen molar-refractivity contribution in [2.45, 2.75) is 13.8 Å². The van der Waals surface area contributed by atoms with Crippen molar-refractivity contribution < 1.29 is 0 Å². The smallest absolute Gasteiger partial charge is 0.206 e. The lowest BCUT2D eigenvalue weighted by Gasteiger charge is -2.06. The average Bonchev–Trinajstić information content (AvgIpc) is 2.89. The van der Waals surface area contributed by atoms with E-state index in [2.05, 4.69) is 15.1 Å². The molecule has 92 valence electrons. The molecule has 0 spiro atoms. The van der Waals surface area contributed by atoms with E-state index in [0.717, 1.165) is 28.0 Å². The molecule has 0 aliphatic carbocycles. The molecule has 18 heavy (non-hydrogen) atoms. The molecule has 0 aliphatic heterocycles. The topological polar surface area (TPSA) is 74.0 Å². The summed E-state index contributed by atoms with van der Waals surface area (Å²) in [7, 11) is 1.93. The Labute approximate surface area is 104 Å². The number of hydrogen-bond acceptors (Lipinski definition) is 4. The van der Waals surface area contributed by atoms with Crippen molar-refractivity contribution in [1.29, 1.82) is 0 Å². The van der Waals surface area contributed by atoms with Gasteiger partial charge in [-0.2, -0.15) is 5.10 Å². The van der Waals surface area contributed by atoms with Gasteiger partial charge in [-0.25, -0.2) is 9.97 Å². The molecular weight excluding hydrogens is 228 g/mol. The van der Waals surface area contributed by atoms with Crippen LogP contribution in [0.25, 0.3) is 16.6 Å². The number of anilines is 1. The highest BCUT2D eigenvalue weighted by Gasteiger charge is 2.16. The number of aromatic nitrogens is 5. The summed E-state index contributed by atoms with van der Waals surface area (Å²) in [6, 6.07) is 0. The van der Waals surface area contributed by atoms with E-state index in [0.29, 0.717) is 5.95 Å². The molecule has 6 nitrogen and oxygen atoms in total. The van der Waals surface area contributed by atoms with Gasteiger partial charge in [0.1, 0.15) is 6.33 Å². The number of aryl methyl sites for hydroxylation is 2. The Hall–Kier alpha value is -2.37. The van der Waals surface area contributed by atoms with E-state index in [4.69, 9.17) is 5.73 Å². The van der Waals surface area contributed by atoms with Gasteiger partial charge < -0.3 is 5.73 Å². The monoisotopic (exact) mass is 242 g/mol. The number of imidazole rings is 1. The number of nitrogen functional groups attached to an aromatic ring is 1. The lowest BCUT2D eigenvalue weighted by molar-refractivity contribution is 0.731. The van der Waals surface area contributed by atoms with Crippen molar-refractivity contribution in [3.8, 4) is 11.1 Å². The maximum absolute atomic E-state index is 5.82. The zero-order chi connectivity index (χ0) is 12.9. The van der Waals surface area contributed by atoms with Crippen LogP contribution in [0.2, 0.25) is 0 Å². The van der Waals surface area contributed by atoms with Crippen LogP contribution in [0.4, 0.5) is 5.95 Å². The zero-order valence-electron chi connectivity index (χ0n) is 10.5. The van der Waals surface area contributed by atoms with Crippen LogP contribution in [-0.4, -0.2) is 24.1 Å². The van der Waals surface area contributed by atoms with Gasteiger partial charge in [0.15, 0.2) is 0 Å². The Balaban J connectivity index is 2.39. The van der Waals surface area contributed by atoms with E-state index < -0.39 is 0 Å². The van der Waals surface area contributed by atoms with E-state index >= 15 is 0 Å². The summed E-state index contributed by atoms with van der Waals surface area (Å²) in [5.41, 5.74) is 10.9. The van der Waals surface area contributed by atoms with E-state index in [-0.39, 0.29) is 0 Å². The Morgan fingerprint density at radius 2 is 2.00 bits per heavy atom. The lowest BCUT2D eigenvalue weighted by atomic mass is 10.1. The molecule has 0 radical (unpaired) electrons. The van der Waals surface area contributed by atoms with Gasteiger partial charge in [0.25, 0.3) is 0 Å². The van der Waals surface area contributed by atoms with Gasteiger partial charge in [0.05, 0.1) is 17.4 Å². The summed E-state index contributed by atoms with van der Waals surface area (Å²) in [5, 5.41) is 4.43. The van der Waals surface area contributed by atoms with E-state index in [1.54, 1.807) is 23.1 Å². The normalized spacial score (nSPS) is 11.3. The van der Waals surface area contributed by atoms with E-state index in [1.807, 2.05) is 25.6 Å². The number of nitrogens with two attached hydrogens (primary N) is 1. The molecule has 3 heterocycles. The highest BCUT2D eigenvalue weighted by molar-refractivity contribution is 5.82. The van der Waals surface area contributed by atoms with Crippen LogP contribution in [0.1, 0.15) is 11.4 Å². The minimum absolute atomic E-state index is 0.436. The molecule has 6 heteroatoms. The number of hydrogen-bond donors (Lipinski definition) is 1. The minimum Gasteiger partial charge on any atom is -0.369 e. The maximum atomic E-state index is 5.82. The van der Waals surface area contributed by atoms with Crippen LogP contribution in [0.5, 0.6) is 0 Å². The first-order valence-electron chi connectivity index (χ1n) is 5.66. The average molecular weight is 242 g/mol. The zero-order valence-corrected chi connectivity index (χ0v) is 10.5. The molecule has 0 aromatic carbocycles. The standard InChI is InChI=1S/C12H14N6/c1-7-11(8(2)17(3)16-7)9-4-15-12(13)18-6-14-5-10(9)18/h4-6H,1-3H3,(H2,13,15). The Morgan fingerprint density at radius 1 is 1.22 bits per heavy atom. The van der Waals surface area contributed by atoms with E-state index in [9.17, 15) is 0 Å². The Kier molecular flexibility index (Phi) is 2.13. The first kappa shape index (κ1) is 10.8. The van der Waals surface area contributed by atoms with Crippen LogP contribution in [0.15, 0.2) is 18.7 Å². The van der Waals surface area contributed by atoms with Gasteiger partial charge in [-0.15, -0.1) is 0 Å². The van der Waals surface area contributed by atoms with Crippen LogP contribution >= 0.6 is 0 Å². The fourth-order valence-corrected chi connectivity index (χ4v) is 2.29. The molecule has 0 atom stereocenters. The number of fused-ring (bicyclic) bond motifs is 1. The molecule has 2 N–H and O–H groups in total. The molecule has 0 unspecified atom stereocenters. The molecule has 0 amide bonds. The molecule has 3 aromatic heterocycles. The van der Waals surface area contributed by atoms with Crippen LogP contribution in [0.3, 0.4) is 0 Å². The van der Waals surface area contributed by atoms with Crippen molar-refractivity contribution in [2.75, 3.05) is 5.73 Å². The number of nitrogens with zero attached hydrogens (tertiary/aromatic N) is 5. The van der Waals surface area contributed by atoms with Crippen molar-refractivity contribution in [3.05, 3.63) is 30.1 Å². The van der Waals surface area contributed by atoms with Gasteiger partial charge in [0.2, 0.25) is 5.95 Å². The fraction of sp³-hybridized carbons (Fsp3) is 0.250. The third-order valence-electron chi connectivity index (χ3n) is 3.27. The molecule has 0 saturated carbocycles. The predicted octanol–water partition coefficient (Wildman–Crippen LogP) is 1.33. The molecule has 0 aliphatic rings. The first-order valence-corrected chi connectivity index (χ1v) is 5.66. The van der Waals surface area contributed by atoms with Crippen LogP contribution in [-0.2, 0) is 7.05 Å². The van der Waals surface area contributed by atoms with Crippen molar-refractivity contribution in [2.24, 2.45) is 7.05 Å². The lowest BCUT2D eigenvalue weighted by Crippen LogP contribution is -2.00. The second kappa shape index (κ2) is 3.56. The minimum atomic E-state index is 0.436. The molecule has 0 bridgehead atoms. The summed E-state index contributed by atoms with van der Waals surface area (Å²) in [6.45, 7) is 4.03. The second-order valence-electron chi connectivity index (χ2n) is 4.35. The SMILES string of the molecule is Cc1nn(C)c(C)c1-c1cnc(N)n2cncc12. The molecule has 0 saturated heterocycles. The van der Waals surface area contributed by atoms with Gasteiger partial charge in [0, 0.05) is 30.1 Å². The Morgan fingerprint density at radius 3 is 2.67 bits per heavy atom. The molecule has 3 aromatic rings. The number of rotatable bonds is 1. The van der Waals surface area contributed by atoms with Gasteiger partial charge >= 0.3 is 0 Å². The first-order chi connectivity index (χ1) is 8.59. The summed E-state index contributed by atoms with van der Waals surface area (Å²) >= 11 is 0. The molecular formula is C12H14N6. The molecule has 0 fully saturated rings. The highest BCUT2D eigenvalue weighted by Crippen LogP contribution is 2.30. The predicted molar refractivity (Wildman–Crippen MR) is 69.1 cm³/mol. The maximum Gasteiger partial charge on any atom is 0.206 e. The second-order valence-corrected chi connectivity index (χ2v) is 4.35. The van der Waals surface area contributed by atoms with E-state index in [1.165, 1.54) is 0 Å². The van der Waals surface area contributed by atoms with Gasteiger partial charge in [-0.05, 0) is 13.8 Å². The van der Waals surface area contributed by atoms with Gasteiger partial charge in [-0.3, -0.25) is 9.08 Å². The third kappa shape index (κ3) is 1.32. The van der Waals surface area contributed by atoms with Gasteiger partial charge in [-0.1, -0.05) is 0 Å². The highest BCUT2D eigenvalue weighted by atomic mass is 15.3. The molecule has 3 rings (SSSR count). The van der Waals surface area contributed by atoms with Crippen molar-refractivity contribution in [1.82, 2.24) is 24.1 Å². The third-order valence-corrected chi connectivity index (χ3v) is 3.27. The Bertz CT molecular complexity index is 736. The van der Waals surface area contributed by atoms with Crippen LogP contribution in [0, 0.1) is 13.8 Å². The fourth-order valence-electron chi connectivity index (χ4n) is 2.29.